The molecule has 0 saturated heterocycles. The first-order chi connectivity index (χ1) is 11.7. The molecule has 8 heteroatoms. The van der Waals surface area contributed by atoms with Crippen LogP contribution in [0.3, 0.4) is 0 Å². The van der Waals surface area contributed by atoms with Gasteiger partial charge in [0.2, 0.25) is 0 Å². The molecule has 2 heterocycles. The van der Waals surface area contributed by atoms with Crippen molar-refractivity contribution in [2.24, 2.45) is 18.9 Å². The maximum Gasteiger partial charge on any atom is 0.332 e. The van der Waals surface area contributed by atoms with Crippen LogP contribution in [-0.4, -0.2) is 20.7 Å². The highest BCUT2D eigenvalue weighted by atomic mass is 32.1. The number of anilines is 2. The molecule has 138 valence electrons. The van der Waals surface area contributed by atoms with Gasteiger partial charge >= 0.3 is 5.69 Å². The predicted octanol–water partition coefficient (Wildman–Crippen LogP) is 2.37. The molecule has 2 aromatic heterocycles. The Morgan fingerprint density at radius 3 is 2.52 bits per heavy atom. The van der Waals surface area contributed by atoms with E-state index in [1.165, 1.54) is 23.0 Å². The van der Waals surface area contributed by atoms with Crippen LogP contribution in [0, 0.1) is 11.8 Å². The quantitative estimate of drug-likeness (QED) is 0.785. The minimum Gasteiger partial charge on any atom is -0.384 e. The Bertz CT molecular complexity index is 848. The molecule has 0 atom stereocenters. The molecule has 0 aliphatic carbocycles. The molecule has 25 heavy (non-hydrogen) atoms. The van der Waals surface area contributed by atoms with Crippen molar-refractivity contribution in [2.45, 2.75) is 40.7 Å². The molecular formula is C17H27N5O2S. The molecule has 0 aliphatic rings. The Kier molecular flexibility index (Phi) is 6.05. The number of nitrogens with two attached hydrogens (primary N) is 1. The van der Waals surface area contributed by atoms with Gasteiger partial charge in [0, 0.05) is 25.5 Å². The lowest BCUT2D eigenvalue weighted by atomic mass is 10.1. The van der Waals surface area contributed by atoms with Crippen LogP contribution in [0.15, 0.2) is 15.0 Å². The molecule has 0 amide bonds. The predicted molar refractivity (Wildman–Crippen MR) is 104 cm³/mol. The zero-order valence-corrected chi connectivity index (χ0v) is 16.3. The molecule has 0 bridgehead atoms. The normalized spacial score (nSPS) is 11.5. The number of nitrogen functional groups attached to an aromatic ring is 1. The van der Waals surface area contributed by atoms with Gasteiger partial charge in [-0.2, -0.15) is 0 Å². The highest BCUT2D eigenvalue weighted by molar-refractivity contribution is 7.14. The van der Waals surface area contributed by atoms with Crippen LogP contribution in [-0.2, 0) is 13.6 Å². The van der Waals surface area contributed by atoms with Gasteiger partial charge in [-0.05, 0) is 18.3 Å². The van der Waals surface area contributed by atoms with Crippen LogP contribution in [0.25, 0.3) is 11.3 Å². The summed E-state index contributed by atoms with van der Waals surface area (Å²) in [6.07, 6.45) is 1.04. The molecule has 0 radical (unpaired) electrons. The first-order valence-electron chi connectivity index (χ1n) is 8.51. The fourth-order valence-electron chi connectivity index (χ4n) is 2.50. The molecule has 7 nitrogen and oxygen atoms in total. The van der Waals surface area contributed by atoms with Gasteiger partial charge in [0.05, 0.1) is 5.69 Å². The summed E-state index contributed by atoms with van der Waals surface area (Å²) < 4.78 is 2.55. The lowest BCUT2D eigenvalue weighted by Crippen LogP contribution is -2.41. The molecule has 2 rings (SSSR count). The summed E-state index contributed by atoms with van der Waals surface area (Å²) in [5.74, 6) is 1.02. The summed E-state index contributed by atoms with van der Waals surface area (Å²) >= 11 is 1.43. The minimum absolute atomic E-state index is 0.181. The van der Waals surface area contributed by atoms with E-state index in [9.17, 15) is 9.59 Å². The van der Waals surface area contributed by atoms with Crippen LogP contribution in [0.5, 0.6) is 0 Å². The minimum atomic E-state index is -0.415. The standard InChI is InChI=1S/C17H27N5O2S/c1-10(2)6-7-19-16-20-12(9-25-16)13-14(18)22(8-11(3)4)17(24)21(5)15(13)23/h9-11H,6-8,18H2,1-5H3,(H,19,20). The molecule has 0 spiro atoms. The number of thiazole rings is 1. The van der Waals surface area contributed by atoms with Crippen molar-refractivity contribution in [2.75, 3.05) is 17.6 Å². The zero-order valence-electron chi connectivity index (χ0n) is 15.5. The number of rotatable bonds is 7. The van der Waals surface area contributed by atoms with Crippen molar-refractivity contribution >= 4 is 22.3 Å². The molecule has 0 aliphatic heterocycles. The van der Waals surface area contributed by atoms with Crippen molar-refractivity contribution in [3.05, 3.63) is 26.2 Å². The van der Waals surface area contributed by atoms with E-state index < -0.39 is 11.2 Å². The van der Waals surface area contributed by atoms with E-state index in [1.54, 1.807) is 5.38 Å². The number of nitrogens with zero attached hydrogens (tertiary/aromatic N) is 3. The number of aromatic nitrogens is 3. The highest BCUT2D eigenvalue weighted by Crippen LogP contribution is 2.26. The van der Waals surface area contributed by atoms with Gasteiger partial charge in [0.25, 0.3) is 5.56 Å². The largest absolute Gasteiger partial charge is 0.384 e. The average Bonchev–Trinajstić information content (AvgIpc) is 2.97. The summed E-state index contributed by atoms with van der Waals surface area (Å²) in [5, 5.41) is 5.82. The van der Waals surface area contributed by atoms with Gasteiger partial charge in [0.1, 0.15) is 11.4 Å². The van der Waals surface area contributed by atoms with Crippen molar-refractivity contribution in [3.8, 4) is 11.3 Å². The summed E-state index contributed by atoms with van der Waals surface area (Å²) in [6.45, 7) is 9.60. The van der Waals surface area contributed by atoms with E-state index >= 15 is 0 Å². The maximum atomic E-state index is 12.6. The third-order valence-corrected chi connectivity index (χ3v) is 4.69. The highest BCUT2D eigenvalue weighted by Gasteiger charge is 2.19. The van der Waals surface area contributed by atoms with Crippen molar-refractivity contribution in [1.29, 1.82) is 0 Å². The van der Waals surface area contributed by atoms with Crippen LogP contribution >= 0.6 is 11.3 Å². The second kappa shape index (κ2) is 7.86. The smallest absolute Gasteiger partial charge is 0.332 e. The molecule has 0 fully saturated rings. The van der Waals surface area contributed by atoms with Crippen molar-refractivity contribution in [1.82, 2.24) is 14.1 Å². The SMILES string of the molecule is CC(C)CCNc1nc(-c2c(N)n(CC(C)C)c(=O)n(C)c2=O)cs1. The fourth-order valence-corrected chi connectivity index (χ4v) is 3.23. The number of hydrogen-bond acceptors (Lipinski definition) is 6. The summed E-state index contributed by atoms with van der Waals surface area (Å²) in [7, 11) is 1.47. The third kappa shape index (κ3) is 4.31. The van der Waals surface area contributed by atoms with Crippen LogP contribution < -0.4 is 22.3 Å². The molecule has 0 unspecified atom stereocenters. The van der Waals surface area contributed by atoms with E-state index in [4.69, 9.17) is 5.73 Å². The lowest BCUT2D eigenvalue weighted by molar-refractivity contribution is 0.494. The van der Waals surface area contributed by atoms with Crippen molar-refractivity contribution < 1.29 is 0 Å². The Morgan fingerprint density at radius 1 is 1.24 bits per heavy atom. The Labute approximate surface area is 151 Å². The monoisotopic (exact) mass is 365 g/mol. The number of nitrogens with one attached hydrogen (secondary N) is 1. The van der Waals surface area contributed by atoms with Gasteiger partial charge in [-0.25, -0.2) is 9.78 Å². The van der Waals surface area contributed by atoms with E-state index in [0.29, 0.717) is 18.2 Å². The van der Waals surface area contributed by atoms with Gasteiger partial charge in [-0.1, -0.05) is 27.7 Å². The first kappa shape index (κ1) is 19.2. The van der Waals surface area contributed by atoms with E-state index in [0.717, 1.165) is 22.7 Å². The molecular weight excluding hydrogens is 338 g/mol. The average molecular weight is 366 g/mol. The summed E-state index contributed by atoms with van der Waals surface area (Å²) in [5.41, 5.74) is 6.16. The second-order valence-electron chi connectivity index (χ2n) is 7.06. The van der Waals surface area contributed by atoms with Crippen LogP contribution in [0.2, 0.25) is 0 Å². The Balaban J connectivity index is 2.42. The Hall–Kier alpha value is -2.09. The number of hydrogen-bond donors (Lipinski definition) is 2. The Morgan fingerprint density at radius 2 is 1.92 bits per heavy atom. The van der Waals surface area contributed by atoms with Gasteiger partial charge in [0.15, 0.2) is 5.13 Å². The fraction of sp³-hybridized carbons (Fsp3) is 0.588. The van der Waals surface area contributed by atoms with Crippen LogP contribution in [0.4, 0.5) is 10.9 Å². The zero-order chi connectivity index (χ0) is 18.7. The van der Waals surface area contributed by atoms with Crippen LogP contribution in [0.1, 0.15) is 34.1 Å². The molecule has 3 N–H and O–H groups in total. The maximum absolute atomic E-state index is 12.6. The van der Waals surface area contributed by atoms with Gasteiger partial charge < -0.3 is 11.1 Å². The van der Waals surface area contributed by atoms with Gasteiger partial charge in [-0.15, -0.1) is 11.3 Å². The molecule has 0 aromatic carbocycles. The molecule has 0 saturated carbocycles. The summed E-state index contributed by atoms with van der Waals surface area (Å²) in [6, 6.07) is 0. The summed E-state index contributed by atoms with van der Waals surface area (Å²) in [4.78, 5) is 29.4. The van der Waals surface area contributed by atoms with E-state index in [2.05, 4.69) is 24.1 Å². The molecule has 2 aromatic rings. The second-order valence-corrected chi connectivity index (χ2v) is 7.92. The lowest BCUT2D eigenvalue weighted by Gasteiger charge is -2.15. The van der Waals surface area contributed by atoms with Gasteiger partial charge in [-0.3, -0.25) is 13.9 Å². The first-order valence-corrected chi connectivity index (χ1v) is 9.39. The van der Waals surface area contributed by atoms with E-state index in [1.807, 2.05) is 13.8 Å². The van der Waals surface area contributed by atoms with Crippen molar-refractivity contribution in [3.63, 3.8) is 0 Å². The topological polar surface area (TPSA) is 94.9 Å². The third-order valence-electron chi connectivity index (χ3n) is 3.89. The van der Waals surface area contributed by atoms with E-state index in [-0.39, 0.29) is 17.3 Å².